The van der Waals surface area contributed by atoms with Gasteiger partial charge in [-0.2, -0.15) is 13.2 Å². The van der Waals surface area contributed by atoms with Crippen LogP contribution in [0, 0.1) is 0 Å². The largest absolute Gasteiger partial charge is 0.434 e. The summed E-state index contributed by atoms with van der Waals surface area (Å²) in [6, 6.07) is 0. The molecule has 0 bridgehead atoms. The number of alkyl halides is 3. The van der Waals surface area contributed by atoms with Crippen molar-refractivity contribution >= 4 is 11.3 Å². The molecule has 16 heavy (non-hydrogen) atoms. The minimum atomic E-state index is -4.44. The van der Waals surface area contributed by atoms with Crippen LogP contribution in [0.1, 0.15) is 28.9 Å². The Morgan fingerprint density at radius 2 is 2.12 bits per heavy atom. The van der Waals surface area contributed by atoms with Gasteiger partial charge in [-0.25, -0.2) is 4.98 Å². The van der Waals surface area contributed by atoms with E-state index in [2.05, 4.69) is 4.98 Å². The molecule has 92 valence electrons. The van der Waals surface area contributed by atoms with Crippen molar-refractivity contribution in [2.24, 2.45) is 5.73 Å². The third-order valence-corrected chi connectivity index (χ3v) is 2.82. The number of nitrogens with zero attached hydrogens (tertiary/aromatic N) is 1. The van der Waals surface area contributed by atoms with Gasteiger partial charge in [-0.15, -0.1) is 11.3 Å². The van der Waals surface area contributed by atoms with E-state index in [4.69, 9.17) is 10.5 Å². The molecule has 1 aromatic heterocycles. The molecule has 0 saturated carbocycles. The van der Waals surface area contributed by atoms with Crippen LogP contribution in [0.3, 0.4) is 0 Å². The second-order valence-corrected chi connectivity index (χ2v) is 4.30. The Kier molecular flexibility index (Phi) is 4.69. The molecule has 0 aliphatic carbocycles. The Labute approximate surface area is 95.4 Å². The molecule has 0 radical (unpaired) electrons. The van der Waals surface area contributed by atoms with E-state index in [0.29, 0.717) is 11.6 Å². The van der Waals surface area contributed by atoms with Crippen molar-refractivity contribution < 1.29 is 17.9 Å². The average Bonchev–Trinajstić information content (AvgIpc) is 2.61. The van der Waals surface area contributed by atoms with Gasteiger partial charge >= 0.3 is 6.18 Å². The summed E-state index contributed by atoms with van der Waals surface area (Å²) in [6.45, 7) is 2.40. The molecule has 0 aliphatic heterocycles. The zero-order valence-electron chi connectivity index (χ0n) is 8.80. The van der Waals surface area contributed by atoms with Gasteiger partial charge < -0.3 is 10.5 Å². The van der Waals surface area contributed by atoms with Gasteiger partial charge in [0.05, 0.1) is 11.5 Å². The maximum absolute atomic E-state index is 12.5. The molecule has 0 atom stereocenters. The molecule has 1 aromatic rings. The first-order valence-electron chi connectivity index (χ1n) is 4.82. The molecule has 1 rings (SSSR count). The SMILES string of the molecule is CCCOCc1nc(C(F)(F)F)c(CN)s1. The lowest BCUT2D eigenvalue weighted by molar-refractivity contribution is -0.141. The normalized spacial score (nSPS) is 12.1. The van der Waals surface area contributed by atoms with Crippen molar-refractivity contribution in [3.63, 3.8) is 0 Å². The van der Waals surface area contributed by atoms with Crippen LogP contribution >= 0.6 is 11.3 Å². The molecule has 1 heterocycles. The Balaban J connectivity index is 2.78. The summed E-state index contributed by atoms with van der Waals surface area (Å²) >= 11 is 0.956. The van der Waals surface area contributed by atoms with Gasteiger partial charge in [-0.3, -0.25) is 0 Å². The maximum atomic E-state index is 12.5. The van der Waals surface area contributed by atoms with E-state index in [9.17, 15) is 13.2 Å². The topological polar surface area (TPSA) is 48.1 Å². The number of halogens is 3. The smallest absolute Gasteiger partial charge is 0.374 e. The van der Waals surface area contributed by atoms with Gasteiger partial charge in [0.25, 0.3) is 0 Å². The molecule has 2 N–H and O–H groups in total. The predicted octanol–water partition coefficient (Wildman–Crippen LogP) is 2.55. The van der Waals surface area contributed by atoms with E-state index in [1.807, 2.05) is 6.92 Å². The van der Waals surface area contributed by atoms with Crippen molar-refractivity contribution in [2.45, 2.75) is 32.7 Å². The van der Waals surface area contributed by atoms with Crippen molar-refractivity contribution in [1.82, 2.24) is 4.98 Å². The van der Waals surface area contributed by atoms with Crippen molar-refractivity contribution in [3.05, 3.63) is 15.6 Å². The van der Waals surface area contributed by atoms with Crippen LogP contribution in [0.2, 0.25) is 0 Å². The van der Waals surface area contributed by atoms with Crippen LogP contribution in [0.15, 0.2) is 0 Å². The molecular formula is C9H13F3N2OS. The number of rotatable bonds is 5. The Bertz CT molecular complexity index is 338. The van der Waals surface area contributed by atoms with Gasteiger partial charge in [0, 0.05) is 13.2 Å². The fraction of sp³-hybridized carbons (Fsp3) is 0.667. The lowest BCUT2D eigenvalue weighted by Gasteiger charge is -2.03. The van der Waals surface area contributed by atoms with Crippen LogP contribution in [-0.2, 0) is 24.1 Å². The zero-order valence-corrected chi connectivity index (χ0v) is 9.62. The highest BCUT2D eigenvalue weighted by atomic mass is 32.1. The molecule has 3 nitrogen and oxygen atoms in total. The second-order valence-electron chi connectivity index (χ2n) is 3.13. The number of hydrogen-bond donors (Lipinski definition) is 1. The summed E-state index contributed by atoms with van der Waals surface area (Å²) in [4.78, 5) is 3.57. The molecule has 0 fully saturated rings. The Morgan fingerprint density at radius 3 is 2.56 bits per heavy atom. The number of nitrogens with two attached hydrogens (primary N) is 1. The summed E-state index contributed by atoms with van der Waals surface area (Å²) in [6.07, 6.45) is -3.62. The minimum absolute atomic E-state index is 0.0580. The number of hydrogen-bond acceptors (Lipinski definition) is 4. The minimum Gasteiger partial charge on any atom is -0.374 e. The molecule has 0 amide bonds. The monoisotopic (exact) mass is 254 g/mol. The van der Waals surface area contributed by atoms with Crippen molar-refractivity contribution in [1.29, 1.82) is 0 Å². The van der Waals surface area contributed by atoms with Crippen LogP contribution in [0.5, 0.6) is 0 Å². The summed E-state index contributed by atoms with van der Waals surface area (Å²) in [5, 5.41) is 0.321. The number of aromatic nitrogens is 1. The van der Waals surface area contributed by atoms with E-state index in [-0.39, 0.29) is 18.0 Å². The van der Waals surface area contributed by atoms with Crippen molar-refractivity contribution in [3.8, 4) is 0 Å². The maximum Gasteiger partial charge on any atom is 0.434 e. The van der Waals surface area contributed by atoms with E-state index < -0.39 is 11.9 Å². The Morgan fingerprint density at radius 1 is 1.44 bits per heavy atom. The Hall–Kier alpha value is -0.660. The molecule has 0 unspecified atom stereocenters. The first kappa shape index (κ1) is 13.4. The summed E-state index contributed by atoms with van der Waals surface area (Å²) in [5.74, 6) is 0. The van der Waals surface area contributed by atoms with Crippen LogP contribution < -0.4 is 5.73 Å². The van der Waals surface area contributed by atoms with Gasteiger partial charge in [0.15, 0.2) is 5.69 Å². The van der Waals surface area contributed by atoms with Crippen LogP contribution in [0.25, 0.3) is 0 Å². The van der Waals surface area contributed by atoms with E-state index in [0.717, 1.165) is 17.8 Å². The third kappa shape index (κ3) is 3.43. The molecular weight excluding hydrogens is 241 g/mol. The van der Waals surface area contributed by atoms with E-state index in [1.54, 1.807) is 0 Å². The molecule has 0 spiro atoms. The third-order valence-electron chi connectivity index (χ3n) is 1.77. The summed E-state index contributed by atoms with van der Waals surface area (Å²) < 4.78 is 42.6. The number of ether oxygens (including phenoxy) is 1. The molecule has 7 heteroatoms. The van der Waals surface area contributed by atoms with E-state index in [1.165, 1.54) is 0 Å². The highest BCUT2D eigenvalue weighted by Crippen LogP contribution is 2.34. The van der Waals surface area contributed by atoms with Gasteiger partial charge in [-0.1, -0.05) is 6.92 Å². The zero-order chi connectivity index (χ0) is 12.2. The van der Waals surface area contributed by atoms with Gasteiger partial charge in [-0.05, 0) is 6.42 Å². The number of thiazole rings is 1. The fourth-order valence-corrected chi connectivity index (χ4v) is 2.03. The predicted molar refractivity (Wildman–Crippen MR) is 55.0 cm³/mol. The standard InChI is InChI=1S/C9H13F3N2OS/c1-2-3-15-5-7-14-8(9(10,11)12)6(4-13)16-7/h2-5,13H2,1H3. The first-order chi connectivity index (χ1) is 7.49. The van der Waals surface area contributed by atoms with Gasteiger partial charge in [0.2, 0.25) is 0 Å². The highest BCUT2D eigenvalue weighted by molar-refractivity contribution is 7.11. The molecule has 0 aromatic carbocycles. The second kappa shape index (κ2) is 5.60. The molecule has 0 saturated heterocycles. The lowest BCUT2D eigenvalue weighted by atomic mass is 10.3. The van der Waals surface area contributed by atoms with E-state index >= 15 is 0 Å². The molecule has 0 aliphatic rings. The average molecular weight is 254 g/mol. The van der Waals surface area contributed by atoms with Crippen LogP contribution in [-0.4, -0.2) is 11.6 Å². The first-order valence-corrected chi connectivity index (χ1v) is 5.64. The quantitative estimate of drug-likeness (QED) is 0.821. The highest BCUT2D eigenvalue weighted by Gasteiger charge is 2.36. The summed E-state index contributed by atoms with van der Waals surface area (Å²) in [5.41, 5.74) is 4.37. The lowest BCUT2D eigenvalue weighted by Crippen LogP contribution is -2.10. The fourth-order valence-electron chi connectivity index (χ4n) is 1.13. The summed E-state index contributed by atoms with van der Waals surface area (Å²) in [7, 11) is 0. The van der Waals surface area contributed by atoms with Crippen molar-refractivity contribution in [2.75, 3.05) is 6.61 Å². The van der Waals surface area contributed by atoms with Gasteiger partial charge in [0.1, 0.15) is 5.01 Å². The van der Waals surface area contributed by atoms with Crippen LogP contribution in [0.4, 0.5) is 13.2 Å².